The Morgan fingerprint density at radius 2 is 1.90 bits per heavy atom. The Morgan fingerprint density at radius 1 is 1.10 bits per heavy atom. The van der Waals surface area contributed by atoms with Gasteiger partial charge in [-0.15, -0.1) is 0 Å². The molecule has 1 heterocycles. The molecule has 1 aromatic heterocycles. The van der Waals surface area contributed by atoms with Gasteiger partial charge in [0, 0.05) is 23.9 Å². The maximum atomic E-state index is 13.7. The Bertz CT molecular complexity index is 611. The van der Waals surface area contributed by atoms with Crippen molar-refractivity contribution in [3.8, 4) is 11.4 Å². The minimum Gasteiger partial charge on any atom is -0.370 e. The zero-order chi connectivity index (χ0) is 15.2. The van der Waals surface area contributed by atoms with E-state index in [1.54, 1.807) is 13.0 Å². The summed E-state index contributed by atoms with van der Waals surface area (Å²) >= 11 is 0. The average Bonchev–Trinajstić information content (AvgIpc) is 2.48. The summed E-state index contributed by atoms with van der Waals surface area (Å²) in [6, 6.07) is 7.12. The fraction of sp³-hybridized carbons (Fsp3) is 0.412. The Hall–Kier alpha value is -1.97. The van der Waals surface area contributed by atoms with Crippen molar-refractivity contribution in [3.63, 3.8) is 0 Å². The van der Waals surface area contributed by atoms with Crippen LogP contribution in [0.25, 0.3) is 11.4 Å². The van der Waals surface area contributed by atoms with Gasteiger partial charge in [-0.2, -0.15) is 0 Å². The van der Waals surface area contributed by atoms with Crippen LogP contribution in [0.1, 0.15) is 37.9 Å². The number of hydrogen-bond donors (Lipinski definition) is 1. The molecule has 0 atom stereocenters. The fourth-order valence-corrected chi connectivity index (χ4v) is 2.09. The van der Waals surface area contributed by atoms with E-state index in [-0.39, 0.29) is 5.82 Å². The number of aromatic nitrogens is 2. The largest absolute Gasteiger partial charge is 0.370 e. The lowest BCUT2D eigenvalue weighted by Gasteiger charge is -2.10. The summed E-state index contributed by atoms with van der Waals surface area (Å²) in [6.07, 6.45) is 2.94. The highest BCUT2D eigenvalue weighted by molar-refractivity contribution is 5.58. The first-order valence-corrected chi connectivity index (χ1v) is 7.52. The van der Waals surface area contributed by atoms with Crippen molar-refractivity contribution in [2.75, 3.05) is 11.9 Å². The highest BCUT2D eigenvalue weighted by atomic mass is 19.1. The van der Waals surface area contributed by atoms with Crippen LogP contribution in [0, 0.1) is 12.7 Å². The molecule has 3 nitrogen and oxygen atoms in total. The van der Waals surface area contributed by atoms with Gasteiger partial charge < -0.3 is 5.32 Å². The molecule has 0 radical (unpaired) electrons. The molecule has 0 saturated carbocycles. The van der Waals surface area contributed by atoms with Crippen molar-refractivity contribution in [1.29, 1.82) is 0 Å². The summed E-state index contributed by atoms with van der Waals surface area (Å²) in [6.45, 7) is 6.84. The second-order valence-corrected chi connectivity index (χ2v) is 5.21. The molecule has 0 bridgehead atoms. The van der Waals surface area contributed by atoms with Gasteiger partial charge in [0.1, 0.15) is 11.6 Å². The summed E-state index contributed by atoms with van der Waals surface area (Å²) < 4.78 is 13.7. The molecule has 21 heavy (non-hydrogen) atoms. The molecule has 0 aliphatic carbocycles. The van der Waals surface area contributed by atoms with Crippen LogP contribution in [-0.4, -0.2) is 16.5 Å². The normalized spacial score (nSPS) is 10.7. The number of nitrogens with zero attached hydrogens (tertiary/aromatic N) is 2. The first-order valence-electron chi connectivity index (χ1n) is 7.52. The van der Waals surface area contributed by atoms with E-state index in [1.165, 1.54) is 6.07 Å². The lowest BCUT2D eigenvalue weighted by molar-refractivity contribution is 0.619. The number of benzene rings is 1. The molecule has 0 aliphatic heterocycles. The van der Waals surface area contributed by atoms with E-state index in [1.807, 2.05) is 12.1 Å². The smallest absolute Gasteiger partial charge is 0.161 e. The Labute approximate surface area is 125 Å². The van der Waals surface area contributed by atoms with E-state index in [9.17, 15) is 4.39 Å². The molecule has 0 spiro atoms. The van der Waals surface area contributed by atoms with E-state index in [4.69, 9.17) is 0 Å². The molecule has 2 aromatic rings. The monoisotopic (exact) mass is 287 g/mol. The van der Waals surface area contributed by atoms with Crippen LogP contribution in [0.2, 0.25) is 0 Å². The summed E-state index contributed by atoms with van der Waals surface area (Å²) in [5.41, 5.74) is 2.34. The van der Waals surface area contributed by atoms with Crippen molar-refractivity contribution in [1.82, 2.24) is 9.97 Å². The Morgan fingerprint density at radius 3 is 2.57 bits per heavy atom. The predicted octanol–water partition coefficient (Wildman–Crippen LogP) is 4.37. The maximum absolute atomic E-state index is 13.7. The number of halogens is 1. The SMILES string of the molecule is CCCNc1cc(CCC)nc(-c2ccc(C)c(F)c2)n1. The molecule has 0 aliphatic rings. The van der Waals surface area contributed by atoms with Crippen LogP contribution in [0.4, 0.5) is 10.2 Å². The topological polar surface area (TPSA) is 37.8 Å². The summed E-state index contributed by atoms with van der Waals surface area (Å²) in [5.74, 6) is 1.17. The van der Waals surface area contributed by atoms with Gasteiger partial charge in [-0.25, -0.2) is 14.4 Å². The predicted molar refractivity (Wildman–Crippen MR) is 84.9 cm³/mol. The molecular formula is C17H22FN3. The van der Waals surface area contributed by atoms with Crippen LogP contribution in [0.3, 0.4) is 0 Å². The molecule has 0 amide bonds. The number of anilines is 1. The number of rotatable bonds is 6. The Balaban J connectivity index is 2.40. The third-order valence-electron chi connectivity index (χ3n) is 3.27. The quantitative estimate of drug-likeness (QED) is 0.857. The third-order valence-corrected chi connectivity index (χ3v) is 3.27. The molecule has 2 rings (SSSR count). The second-order valence-electron chi connectivity index (χ2n) is 5.21. The van der Waals surface area contributed by atoms with E-state index in [2.05, 4.69) is 29.1 Å². The second kappa shape index (κ2) is 7.16. The summed E-state index contributed by atoms with van der Waals surface area (Å²) in [7, 11) is 0. The van der Waals surface area contributed by atoms with Crippen LogP contribution in [0.5, 0.6) is 0 Å². The molecule has 0 unspecified atom stereocenters. The van der Waals surface area contributed by atoms with Gasteiger partial charge in [0.05, 0.1) is 0 Å². The van der Waals surface area contributed by atoms with E-state index in [0.717, 1.165) is 42.9 Å². The zero-order valence-corrected chi connectivity index (χ0v) is 12.9. The first-order chi connectivity index (χ1) is 10.1. The van der Waals surface area contributed by atoms with Gasteiger partial charge in [0.2, 0.25) is 0 Å². The van der Waals surface area contributed by atoms with Crippen molar-refractivity contribution >= 4 is 5.82 Å². The van der Waals surface area contributed by atoms with Crippen molar-refractivity contribution < 1.29 is 4.39 Å². The molecule has 1 N–H and O–H groups in total. The highest BCUT2D eigenvalue weighted by Crippen LogP contribution is 2.21. The van der Waals surface area contributed by atoms with Gasteiger partial charge in [-0.05, 0) is 31.4 Å². The lowest BCUT2D eigenvalue weighted by atomic mass is 10.1. The van der Waals surface area contributed by atoms with Crippen LogP contribution in [-0.2, 0) is 6.42 Å². The Kier molecular flexibility index (Phi) is 5.26. The van der Waals surface area contributed by atoms with Crippen LogP contribution in [0.15, 0.2) is 24.3 Å². The van der Waals surface area contributed by atoms with Crippen LogP contribution >= 0.6 is 0 Å². The maximum Gasteiger partial charge on any atom is 0.161 e. The molecule has 0 fully saturated rings. The molecule has 1 aromatic carbocycles. The van der Waals surface area contributed by atoms with Gasteiger partial charge >= 0.3 is 0 Å². The highest BCUT2D eigenvalue weighted by Gasteiger charge is 2.08. The minimum absolute atomic E-state index is 0.222. The standard InChI is InChI=1S/C17H22FN3/c1-4-6-14-11-16(19-9-5-2)21-17(20-14)13-8-7-12(3)15(18)10-13/h7-8,10-11H,4-6,9H2,1-3H3,(H,19,20,21). The number of hydrogen-bond acceptors (Lipinski definition) is 3. The van der Waals surface area contributed by atoms with Crippen molar-refractivity contribution in [2.45, 2.75) is 40.0 Å². The van der Waals surface area contributed by atoms with Crippen molar-refractivity contribution in [3.05, 3.63) is 41.3 Å². The van der Waals surface area contributed by atoms with Gasteiger partial charge in [-0.1, -0.05) is 32.4 Å². The first kappa shape index (κ1) is 15.4. The van der Waals surface area contributed by atoms with Gasteiger partial charge in [0.25, 0.3) is 0 Å². The van der Waals surface area contributed by atoms with Gasteiger partial charge in [-0.3, -0.25) is 0 Å². The summed E-state index contributed by atoms with van der Waals surface area (Å²) in [5, 5.41) is 3.28. The minimum atomic E-state index is -0.222. The molecule has 112 valence electrons. The number of aryl methyl sites for hydroxylation is 2. The lowest BCUT2D eigenvalue weighted by Crippen LogP contribution is -2.05. The number of nitrogens with one attached hydrogen (secondary N) is 1. The molecular weight excluding hydrogens is 265 g/mol. The molecule has 4 heteroatoms. The van der Waals surface area contributed by atoms with Crippen LogP contribution < -0.4 is 5.32 Å². The van der Waals surface area contributed by atoms with E-state index < -0.39 is 0 Å². The van der Waals surface area contributed by atoms with Crippen molar-refractivity contribution in [2.24, 2.45) is 0 Å². The average molecular weight is 287 g/mol. The van der Waals surface area contributed by atoms with E-state index >= 15 is 0 Å². The molecule has 0 saturated heterocycles. The third kappa shape index (κ3) is 4.00. The summed E-state index contributed by atoms with van der Waals surface area (Å²) in [4.78, 5) is 9.06. The van der Waals surface area contributed by atoms with E-state index in [0.29, 0.717) is 11.4 Å². The van der Waals surface area contributed by atoms with Gasteiger partial charge in [0.15, 0.2) is 5.82 Å². The zero-order valence-electron chi connectivity index (χ0n) is 12.9. The fourth-order valence-electron chi connectivity index (χ4n) is 2.09.